The molecular formula is C13H20N2O2. The molecule has 1 aliphatic rings. The minimum Gasteiger partial charge on any atom is -0.497 e. The summed E-state index contributed by atoms with van der Waals surface area (Å²) >= 11 is 0. The Morgan fingerprint density at radius 1 is 1.29 bits per heavy atom. The molecule has 1 aliphatic heterocycles. The molecule has 0 amide bonds. The third-order valence-electron chi connectivity index (χ3n) is 3.10. The molecule has 1 heterocycles. The summed E-state index contributed by atoms with van der Waals surface area (Å²) in [5, 5.41) is 0. The topological polar surface area (TPSA) is 47.7 Å². The number of nitrogens with zero attached hydrogens (tertiary/aromatic N) is 1. The molecule has 1 unspecified atom stereocenters. The molecule has 1 saturated heterocycles. The van der Waals surface area contributed by atoms with Gasteiger partial charge in [0.25, 0.3) is 0 Å². The number of methoxy groups -OCH3 is 1. The van der Waals surface area contributed by atoms with Gasteiger partial charge in [-0.25, -0.2) is 0 Å². The Morgan fingerprint density at radius 2 is 1.94 bits per heavy atom. The van der Waals surface area contributed by atoms with E-state index in [-0.39, 0.29) is 6.04 Å². The summed E-state index contributed by atoms with van der Waals surface area (Å²) in [7, 11) is 1.67. The van der Waals surface area contributed by atoms with Crippen molar-refractivity contribution in [2.75, 3.05) is 40.0 Å². The lowest BCUT2D eigenvalue weighted by atomic mass is 10.1. The number of hydrogen-bond donors (Lipinski definition) is 1. The van der Waals surface area contributed by atoms with Crippen LogP contribution in [0.2, 0.25) is 0 Å². The lowest BCUT2D eigenvalue weighted by molar-refractivity contribution is 0.0352. The first-order valence-corrected chi connectivity index (χ1v) is 5.99. The second-order valence-electron chi connectivity index (χ2n) is 4.29. The number of benzene rings is 1. The molecule has 0 spiro atoms. The van der Waals surface area contributed by atoms with E-state index in [1.54, 1.807) is 7.11 Å². The van der Waals surface area contributed by atoms with Gasteiger partial charge in [0.15, 0.2) is 0 Å². The standard InChI is InChI=1S/C13H20N2O2/c1-16-12-4-2-11(3-5-12)13(14)10-15-6-8-17-9-7-15/h2-5,13H,6-10,14H2,1H3. The molecular weight excluding hydrogens is 216 g/mol. The van der Waals surface area contributed by atoms with Crippen molar-refractivity contribution >= 4 is 0 Å². The van der Waals surface area contributed by atoms with Gasteiger partial charge in [-0.15, -0.1) is 0 Å². The van der Waals surface area contributed by atoms with Gasteiger partial charge in [0.1, 0.15) is 5.75 Å². The van der Waals surface area contributed by atoms with Crippen LogP contribution in [0.3, 0.4) is 0 Å². The predicted molar refractivity (Wildman–Crippen MR) is 67.2 cm³/mol. The summed E-state index contributed by atoms with van der Waals surface area (Å²) < 4.78 is 10.4. The van der Waals surface area contributed by atoms with Gasteiger partial charge in [0, 0.05) is 25.7 Å². The van der Waals surface area contributed by atoms with Crippen LogP contribution < -0.4 is 10.5 Å². The van der Waals surface area contributed by atoms with E-state index < -0.39 is 0 Å². The van der Waals surface area contributed by atoms with Gasteiger partial charge < -0.3 is 15.2 Å². The van der Waals surface area contributed by atoms with Crippen LogP contribution in [0.25, 0.3) is 0 Å². The van der Waals surface area contributed by atoms with Gasteiger partial charge >= 0.3 is 0 Å². The molecule has 2 rings (SSSR count). The van der Waals surface area contributed by atoms with Gasteiger partial charge in [-0.3, -0.25) is 4.90 Å². The molecule has 0 saturated carbocycles. The van der Waals surface area contributed by atoms with Crippen LogP contribution in [0.5, 0.6) is 5.75 Å². The zero-order chi connectivity index (χ0) is 12.1. The Balaban J connectivity index is 1.91. The van der Waals surface area contributed by atoms with Crippen LogP contribution in [0, 0.1) is 0 Å². The maximum Gasteiger partial charge on any atom is 0.118 e. The summed E-state index contributed by atoms with van der Waals surface area (Å²) in [6.45, 7) is 4.47. The molecule has 2 N–H and O–H groups in total. The zero-order valence-electron chi connectivity index (χ0n) is 10.3. The Bertz CT molecular complexity index is 334. The minimum atomic E-state index is 0.0546. The normalized spacial score (nSPS) is 18.9. The Kier molecular flexibility index (Phi) is 4.36. The monoisotopic (exact) mass is 236 g/mol. The van der Waals surface area contributed by atoms with Crippen molar-refractivity contribution in [3.8, 4) is 5.75 Å². The SMILES string of the molecule is COc1ccc(C(N)CN2CCOCC2)cc1. The average Bonchev–Trinajstić information content (AvgIpc) is 2.40. The van der Waals surface area contributed by atoms with E-state index in [1.807, 2.05) is 24.3 Å². The number of ether oxygens (including phenoxy) is 2. The Labute approximate surface area is 102 Å². The molecule has 0 bridgehead atoms. The number of morpholine rings is 1. The van der Waals surface area contributed by atoms with Crippen LogP contribution in [0.15, 0.2) is 24.3 Å². The van der Waals surface area contributed by atoms with Gasteiger partial charge in [0.2, 0.25) is 0 Å². The molecule has 4 nitrogen and oxygen atoms in total. The fraction of sp³-hybridized carbons (Fsp3) is 0.538. The second kappa shape index (κ2) is 6.00. The maximum absolute atomic E-state index is 6.19. The fourth-order valence-corrected chi connectivity index (χ4v) is 2.02. The molecule has 1 aromatic rings. The highest BCUT2D eigenvalue weighted by Gasteiger charge is 2.15. The summed E-state index contributed by atoms with van der Waals surface area (Å²) in [6.07, 6.45) is 0. The summed E-state index contributed by atoms with van der Waals surface area (Å²) in [5.74, 6) is 0.868. The van der Waals surface area contributed by atoms with E-state index >= 15 is 0 Å². The van der Waals surface area contributed by atoms with E-state index in [2.05, 4.69) is 4.90 Å². The van der Waals surface area contributed by atoms with Crippen LogP contribution >= 0.6 is 0 Å². The van der Waals surface area contributed by atoms with Crippen molar-refractivity contribution in [2.24, 2.45) is 5.73 Å². The highest BCUT2D eigenvalue weighted by atomic mass is 16.5. The first-order valence-electron chi connectivity index (χ1n) is 5.99. The molecule has 17 heavy (non-hydrogen) atoms. The van der Waals surface area contributed by atoms with Gasteiger partial charge in [0.05, 0.1) is 20.3 Å². The molecule has 1 atom stereocenters. The van der Waals surface area contributed by atoms with Crippen LogP contribution in [0.4, 0.5) is 0 Å². The molecule has 1 aromatic carbocycles. The zero-order valence-corrected chi connectivity index (χ0v) is 10.3. The first-order chi connectivity index (χ1) is 8.29. The second-order valence-corrected chi connectivity index (χ2v) is 4.29. The van der Waals surface area contributed by atoms with E-state index in [0.29, 0.717) is 0 Å². The van der Waals surface area contributed by atoms with Crippen molar-refractivity contribution in [1.82, 2.24) is 4.90 Å². The van der Waals surface area contributed by atoms with E-state index in [0.717, 1.165) is 44.2 Å². The molecule has 1 fully saturated rings. The molecule has 0 aromatic heterocycles. The molecule has 0 aliphatic carbocycles. The number of hydrogen-bond acceptors (Lipinski definition) is 4. The lowest BCUT2D eigenvalue weighted by Crippen LogP contribution is -2.40. The van der Waals surface area contributed by atoms with Crippen molar-refractivity contribution in [3.05, 3.63) is 29.8 Å². The van der Waals surface area contributed by atoms with Gasteiger partial charge in [-0.2, -0.15) is 0 Å². The summed E-state index contributed by atoms with van der Waals surface area (Å²) in [5.41, 5.74) is 7.34. The Hall–Kier alpha value is -1.10. The quantitative estimate of drug-likeness (QED) is 0.848. The molecule has 4 heteroatoms. The van der Waals surface area contributed by atoms with Gasteiger partial charge in [-0.05, 0) is 17.7 Å². The highest BCUT2D eigenvalue weighted by molar-refractivity contribution is 5.29. The largest absolute Gasteiger partial charge is 0.497 e. The van der Waals surface area contributed by atoms with Crippen LogP contribution in [-0.4, -0.2) is 44.9 Å². The van der Waals surface area contributed by atoms with Crippen molar-refractivity contribution in [2.45, 2.75) is 6.04 Å². The van der Waals surface area contributed by atoms with Crippen LogP contribution in [-0.2, 0) is 4.74 Å². The molecule has 94 valence electrons. The first kappa shape index (κ1) is 12.4. The number of nitrogens with two attached hydrogens (primary N) is 1. The van der Waals surface area contributed by atoms with Gasteiger partial charge in [-0.1, -0.05) is 12.1 Å². The van der Waals surface area contributed by atoms with Crippen molar-refractivity contribution < 1.29 is 9.47 Å². The third-order valence-corrected chi connectivity index (χ3v) is 3.10. The van der Waals surface area contributed by atoms with E-state index in [9.17, 15) is 0 Å². The predicted octanol–water partition coefficient (Wildman–Crippen LogP) is 1.03. The smallest absolute Gasteiger partial charge is 0.118 e. The van der Waals surface area contributed by atoms with E-state index in [1.165, 1.54) is 0 Å². The van der Waals surface area contributed by atoms with Crippen molar-refractivity contribution in [3.63, 3.8) is 0 Å². The Morgan fingerprint density at radius 3 is 2.53 bits per heavy atom. The average molecular weight is 236 g/mol. The van der Waals surface area contributed by atoms with E-state index in [4.69, 9.17) is 15.2 Å². The summed E-state index contributed by atoms with van der Waals surface area (Å²) in [6, 6.07) is 8.02. The third kappa shape index (κ3) is 3.43. The van der Waals surface area contributed by atoms with Crippen LogP contribution in [0.1, 0.15) is 11.6 Å². The minimum absolute atomic E-state index is 0.0546. The maximum atomic E-state index is 6.19. The highest BCUT2D eigenvalue weighted by Crippen LogP contribution is 2.17. The number of rotatable bonds is 4. The molecule has 0 radical (unpaired) electrons. The fourth-order valence-electron chi connectivity index (χ4n) is 2.02. The van der Waals surface area contributed by atoms with Crippen molar-refractivity contribution in [1.29, 1.82) is 0 Å². The lowest BCUT2D eigenvalue weighted by Gasteiger charge is -2.29. The summed E-state index contributed by atoms with van der Waals surface area (Å²) in [4.78, 5) is 2.35.